The standard InChI is InChI=1S/C15H11NO3S2/c17-12-5-2-1-4-11(12)15(18)19-8-10-9-21-14(16-10)13-6-3-7-20-13/h1-7,9,17H,8H2. The van der Waals surface area contributed by atoms with E-state index in [1.807, 2.05) is 22.9 Å². The number of aromatic nitrogens is 1. The molecule has 0 aliphatic carbocycles. The molecule has 0 amide bonds. The molecule has 1 N–H and O–H groups in total. The molecular weight excluding hydrogens is 306 g/mol. The van der Waals surface area contributed by atoms with Gasteiger partial charge in [-0.2, -0.15) is 0 Å². The third-order valence-electron chi connectivity index (χ3n) is 2.76. The number of esters is 1. The highest BCUT2D eigenvalue weighted by Gasteiger charge is 2.13. The van der Waals surface area contributed by atoms with Crippen LogP contribution < -0.4 is 0 Å². The zero-order valence-corrected chi connectivity index (χ0v) is 12.5. The first-order valence-corrected chi connectivity index (χ1v) is 7.93. The first kappa shape index (κ1) is 13.8. The molecule has 0 radical (unpaired) electrons. The van der Waals surface area contributed by atoms with Crippen molar-refractivity contribution in [3.8, 4) is 15.6 Å². The van der Waals surface area contributed by atoms with Gasteiger partial charge in [-0.15, -0.1) is 22.7 Å². The second kappa shape index (κ2) is 6.07. The number of carbonyl (C=O) groups excluding carboxylic acids is 1. The highest BCUT2D eigenvalue weighted by Crippen LogP contribution is 2.28. The third-order valence-corrected chi connectivity index (χ3v) is 4.69. The number of para-hydroxylation sites is 1. The van der Waals surface area contributed by atoms with Crippen molar-refractivity contribution in [3.05, 3.63) is 58.4 Å². The van der Waals surface area contributed by atoms with Gasteiger partial charge in [0.05, 0.1) is 10.6 Å². The van der Waals surface area contributed by atoms with Crippen LogP contribution >= 0.6 is 22.7 Å². The predicted octanol–water partition coefficient (Wildman–Crippen LogP) is 3.93. The number of benzene rings is 1. The number of carbonyl (C=O) groups is 1. The van der Waals surface area contributed by atoms with E-state index < -0.39 is 5.97 Å². The minimum absolute atomic E-state index is 0.0833. The van der Waals surface area contributed by atoms with Gasteiger partial charge in [0.15, 0.2) is 0 Å². The third kappa shape index (κ3) is 3.12. The van der Waals surface area contributed by atoms with Gasteiger partial charge in [0.25, 0.3) is 0 Å². The Morgan fingerprint density at radius 2 is 2.05 bits per heavy atom. The van der Waals surface area contributed by atoms with E-state index >= 15 is 0 Å². The summed E-state index contributed by atoms with van der Waals surface area (Å²) in [4.78, 5) is 17.4. The molecule has 0 bridgehead atoms. The SMILES string of the molecule is O=C(OCc1csc(-c2cccs2)n1)c1ccccc1O. The van der Waals surface area contributed by atoms with E-state index in [2.05, 4.69) is 4.98 Å². The van der Waals surface area contributed by atoms with Crippen molar-refractivity contribution in [2.75, 3.05) is 0 Å². The molecule has 3 aromatic rings. The lowest BCUT2D eigenvalue weighted by atomic mass is 10.2. The summed E-state index contributed by atoms with van der Waals surface area (Å²) in [6.45, 7) is 0.0923. The Hall–Kier alpha value is -2.18. The molecule has 1 aromatic carbocycles. The van der Waals surface area contributed by atoms with Gasteiger partial charge in [0, 0.05) is 5.38 Å². The number of hydrogen-bond donors (Lipinski definition) is 1. The van der Waals surface area contributed by atoms with Gasteiger partial charge in [-0.25, -0.2) is 9.78 Å². The van der Waals surface area contributed by atoms with Crippen LogP contribution in [0.2, 0.25) is 0 Å². The van der Waals surface area contributed by atoms with Crippen molar-refractivity contribution < 1.29 is 14.6 Å². The van der Waals surface area contributed by atoms with Gasteiger partial charge >= 0.3 is 5.97 Å². The van der Waals surface area contributed by atoms with E-state index in [1.165, 1.54) is 23.5 Å². The lowest BCUT2D eigenvalue weighted by Crippen LogP contribution is -2.05. The van der Waals surface area contributed by atoms with E-state index in [0.29, 0.717) is 5.69 Å². The van der Waals surface area contributed by atoms with Gasteiger partial charge in [0.2, 0.25) is 0 Å². The maximum Gasteiger partial charge on any atom is 0.342 e. The molecule has 3 rings (SSSR count). The van der Waals surface area contributed by atoms with Gasteiger partial charge in [-0.05, 0) is 23.6 Å². The molecule has 106 valence electrons. The summed E-state index contributed by atoms with van der Waals surface area (Å²) in [5, 5.41) is 14.4. The number of nitrogens with zero attached hydrogens (tertiary/aromatic N) is 1. The number of phenolic OH excluding ortho intramolecular Hbond substituents is 1. The summed E-state index contributed by atoms with van der Waals surface area (Å²) in [7, 11) is 0. The highest BCUT2D eigenvalue weighted by molar-refractivity contribution is 7.20. The van der Waals surface area contributed by atoms with Crippen molar-refractivity contribution in [1.82, 2.24) is 4.98 Å². The minimum Gasteiger partial charge on any atom is -0.507 e. The Kier molecular flexibility index (Phi) is 3.98. The van der Waals surface area contributed by atoms with Gasteiger partial charge in [-0.3, -0.25) is 0 Å². The van der Waals surface area contributed by atoms with Crippen LogP contribution in [0, 0.1) is 0 Å². The molecular formula is C15H11NO3S2. The molecule has 6 heteroatoms. The predicted molar refractivity (Wildman–Crippen MR) is 82.7 cm³/mol. The first-order chi connectivity index (χ1) is 10.2. The Labute approximate surface area is 129 Å². The molecule has 0 aliphatic rings. The maximum absolute atomic E-state index is 11.9. The molecule has 0 unspecified atom stereocenters. The average molecular weight is 317 g/mol. The molecule has 2 heterocycles. The zero-order chi connectivity index (χ0) is 14.7. The summed E-state index contributed by atoms with van der Waals surface area (Å²) in [5.74, 6) is -0.640. The molecule has 0 fully saturated rings. The van der Waals surface area contributed by atoms with Crippen LogP contribution in [0.1, 0.15) is 16.1 Å². The van der Waals surface area contributed by atoms with Crippen LogP contribution in [0.15, 0.2) is 47.2 Å². The molecule has 21 heavy (non-hydrogen) atoms. The number of hydrogen-bond acceptors (Lipinski definition) is 6. The van der Waals surface area contributed by atoms with Crippen molar-refractivity contribution in [3.63, 3.8) is 0 Å². The van der Waals surface area contributed by atoms with Gasteiger partial charge in [0.1, 0.15) is 22.9 Å². The molecule has 0 saturated heterocycles. The fourth-order valence-corrected chi connectivity index (χ4v) is 3.37. The van der Waals surface area contributed by atoms with Crippen molar-refractivity contribution in [2.24, 2.45) is 0 Å². The summed E-state index contributed by atoms with van der Waals surface area (Å²) in [5.41, 5.74) is 0.860. The van der Waals surface area contributed by atoms with Crippen LogP contribution in [0.4, 0.5) is 0 Å². The van der Waals surface area contributed by atoms with Gasteiger partial charge in [-0.1, -0.05) is 18.2 Å². The number of phenols is 1. The van der Waals surface area contributed by atoms with Crippen LogP contribution in [-0.4, -0.2) is 16.1 Å². The normalized spacial score (nSPS) is 10.5. The molecule has 4 nitrogen and oxygen atoms in total. The maximum atomic E-state index is 11.9. The van der Waals surface area contributed by atoms with Crippen molar-refractivity contribution >= 4 is 28.6 Å². The van der Waals surface area contributed by atoms with Gasteiger partial charge < -0.3 is 9.84 Å². The lowest BCUT2D eigenvalue weighted by Gasteiger charge is -2.04. The lowest BCUT2D eigenvalue weighted by molar-refractivity contribution is 0.0465. The largest absolute Gasteiger partial charge is 0.507 e. The second-order valence-electron chi connectivity index (χ2n) is 4.21. The molecule has 2 aromatic heterocycles. The highest BCUT2D eigenvalue weighted by atomic mass is 32.1. The molecule has 0 saturated carbocycles. The summed E-state index contributed by atoms with van der Waals surface area (Å²) < 4.78 is 5.17. The summed E-state index contributed by atoms with van der Waals surface area (Å²) in [6, 6.07) is 10.3. The van der Waals surface area contributed by atoms with E-state index in [4.69, 9.17) is 4.74 Å². The Morgan fingerprint density at radius 1 is 1.19 bits per heavy atom. The van der Waals surface area contributed by atoms with Crippen LogP contribution in [0.5, 0.6) is 5.75 Å². The fourth-order valence-electron chi connectivity index (χ4n) is 1.75. The Bertz CT molecular complexity index is 750. The quantitative estimate of drug-likeness (QED) is 0.741. The Balaban J connectivity index is 1.66. The fraction of sp³-hybridized carbons (Fsp3) is 0.0667. The molecule has 0 aliphatic heterocycles. The first-order valence-electron chi connectivity index (χ1n) is 6.17. The minimum atomic E-state index is -0.557. The van der Waals surface area contributed by atoms with E-state index in [-0.39, 0.29) is 17.9 Å². The van der Waals surface area contributed by atoms with E-state index in [1.54, 1.807) is 23.5 Å². The van der Waals surface area contributed by atoms with Crippen LogP contribution in [0.3, 0.4) is 0 Å². The number of ether oxygens (including phenoxy) is 1. The van der Waals surface area contributed by atoms with Crippen molar-refractivity contribution in [2.45, 2.75) is 6.61 Å². The molecule has 0 atom stereocenters. The summed E-state index contributed by atoms with van der Waals surface area (Å²) >= 11 is 3.14. The monoisotopic (exact) mass is 317 g/mol. The number of aromatic hydroxyl groups is 1. The van der Waals surface area contributed by atoms with E-state index in [9.17, 15) is 9.90 Å². The summed E-state index contributed by atoms with van der Waals surface area (Å²) in [6.07, 6.45) is 0. The van der Waals surface area contributed by atoms with Crippen molar-refractivity contribution in [1.29, 1.82) is 0 Å². The zero-order valence-electron chi connectivity index (χ0n) is 10.9. The smallest absolute Gasteiger partial charge is 0.342 e. The average Bonchev–Trinajstić information content (AvgIpc) is 3.16. The topological polar surface area (TPSA) is 59.4 Å². The second-order valence-corrected chi connectivity index (χ2v) is 6.02. The number of thiazole rings is 1. The molecule has 0 spiro atoms. The van der Waals surface area contributed by atoms with Crippen LogP contribution in [-0.2, 0) is 11.3 Å². The number of thiophene rings is 1. The Morgan fingerprint density at radius 3 is 2.81 bits per heavy atom. The van der Waals surface area contributed by atoms with Crippen LogP contribution in [0.25, 0.3) is 9.88 Å². The van der Waals surface area contributed by atoms with E-state index in [0.717, 1.165) is 9.88 Å². The number of rotatable bonds is 4.